The van der Waals surface area contributed by atoms with Crippen LogP contribution in [-0.4, -0.2) is 33.1 Å². The fourth-order valence-corrected chi connectivity index (χ4v) is 4.86. The first kappa shape index (κ1) is 17.7. The van der Waals surface area contributed by atoms with E-state index >= 15 is 0 Å². The summed E-state index contributed by atoms with van der Waals surface area (Å²) < 4.78 is 24.9. The van der Waals surface area contributed by atoms with Gasteiger partial charge in [0.2, 0.25) is 5.82 Å². The predicted molar refractivity (Wildman–Crippen MR) is 99.3 cm³/mol. The number of aromatic nitrogens is 4. The highest BCUT2D eigenvalue weighted by molar-refractivity contribution is 9.10. The summed E-state index contributed by atoms with van der Waals surface area (Å²) >= 11 is 3.13. The van der Waals surface area contributed by atoms with Gasteiger partial charge in [0.15, 0.2) is 5.69 Å². The molecule has 5 rings (SSSR count). The molecule has 2 aliphatic rings. The van der Waals surface area contributed by atoms with Crippen molar-refractivity contribution in [1.29, 1.82) is 0 Å². The van der Waals surface area contributed by atoms with Crippen molar-refractivity contribution in [3.8, 4) is 17.2 Å². The highest BCUT2D eigenvalue weighted by atomic mass is 79.9. The van der Waals surface area contributed by atoms with Crippen LogP contribution in [-0.2, 0) is 6.42 Å². The van der Waals surface area contributed by atoms with Crippen LogP contribution in [0.1, 0.15) is 18.5 Å². The summed E-state index contributed by atoms with van der Waals surface area (Å²) in [6, 6.07) is 4.21. The molecule has 2 fully saturated rings. The van der Waals surface area contributed by atoms with Gasteiger partial charge in [-0.2, -0.15) is 0 Å². The maximum absolute atomic E-state index is 13.6. The average molecular weight is 450 g/mol. The number of nitrogens with one attached hydrogen (secondary N) is 1. The summed E-state index contributed by atoms with van der Waals surface area (Å²) in [7, 11) is 0. The minimum atomic E-state index is -0.691. The van der Waals surface area contributed by atoms with E-state index in [1.54, 1.807) is 0 Å². The van der Waals surface area contributed by atoms with Gasteiger partial charge in [-0.05, 0) is 89.4 Å². The third-order valence-corrected chi connectivity index (χ3v) is 6.38. The number of hydrogen-bond acceptors (Lipinski definition) is 7. The number of benzene rings is 1. The van der Waals surface area contributed by atoms with Gasteiger partial charge in [0.1, 0.15) is 11.5 Å². The van der Waals surface area contributed by atoms with E-state index in [2.05, 4.69) is 36.7 Å². The third-order valence-electron chi connectivity index (χ3n) is 5.77. The molecule has 1 N–H and O–H groups in total. The monoisotopic (exact) mass is 449 g/mol. The summed E-state index contributed by atoms with van der Waals surface area (Å²) in [4.78, 5) is 12.3. The maximum atomic E-state index is 13.6. The van der Waals surface area contributed by atoms with Crippen LogP contribution in [0.25, 0.3) is 17.2 Å². The van der Waals surface area contributed by atoms with Gasteiger partial charge in [0, 0.05) is 0 Å². The lowest BCUT2D eigenvalue weighted by atomic mass is 9.98. The van der Waals surface area contributed by atoms with E-state index in [-0.39, 0.29) is 10.3 Å². The van der Waals surface area contributed by atoms with Gasteiger partial charge in [0.25, 0.3) is 0 Å². The minimum Gasteiger partial charge on any atom is -0.316 e. The summed E-state index contributed by atoms with van der Waals surface area (Å²) in [5.41, 5.74) is 1.44. The molecule has 3 heterocycles. The molecule has 0 bridgehead atoms. The standard InChI is InChI=1S/C18H17BrFN5O3/c19-13-6-12(1-2-14(13)20)25-17(24-27-18(25)26)16-15(22-28-23-16)5-9-3-10-7-21-8-11(10)4-9/h1-2,6,9-11,21H,3-5,7-8H2. The molecule has 0 amide bonds. The van der Waals surface area contributed by atoms with Crippen LogP contribution >= 0.6 is 15.9 Å². The van der Waals surface area contributed by atoms with E-state index in [0.717, 1.165) is 37.8 Å². The minimum absolute atomic E-state index is 0.194. The van der Waals surface area contributed by atoms with E-state index in [9.17, 15) is 9.18 Å². The molecule has 2 aromatic heterocycles. The van der Waals surface area contributed by atoms with Crippen LogP contribution in [0.5, 0.6) is 0 Å². The predicted octanol–water partition coefficient (Wildman–Crippen LogP) is 2.57. The molecule has 146 valence electrons. The molecule has 2 atom stereocenters. The first-order chi connectivity index (χ1) is 13.6. The summed E-state index contributed by atoms with van der Waals surface area (Å²) in [5.74, 6) is 1.00. The van der Waals surface area contributed by atoms with Crippen molar-refractivity contribution in [3.63, 3.8) is 0 Å². The maximum Gasteiger partial charge on any atom is 0.446 e. The van der Waals surface area contributed by atoms with Crippen molar-refractivity contribution in [2.75, 3.05) is 13.1 Å². The van der Waals surface area contributed by atoms with Crippen LogP contribution in [0.3, 0.4) is 0 Å². The Hall–Kier alpha value is -2.33. The molecule has 10 heteroatoms. The smallest absolute Gasteiger partial charge is 0.316 e. The second-order valence-corrected chi connectivity index (χ2v) is 8.34. The van der Waals surface area contributed by atoms with Crippen molar-refractivity contribution >= 4 is 15.9 Å². The van der Waals surface area contributed by atoms with Gasteiger partial charge in [-0.1, -0.05) is 10.3 Å². The number of rotatable bonds is 4. The van der Waals surface area contributed by atoms with Gasteiger partial charge >= 0.3 is 5.76 Å². The largest absolute Gasteiger partial charge is 0.446 e. The molecule has 8 nitrogen and oxygen atoms in total. The number of fused-ring (bicyclic) bond motifs is 1. The van der Waals surface area contributed by atoms with E-state index in [4.69, 9.17) is 9.15 Å². The summed E-state index contributed by atoms with van der Waals surface area (Å²) in [5, 5.41) is 15.3. The zero-order valence-electron chi connectivity index (χ0n) is 14.8. The van der Waals surface area contributed by atoms with E-state index < -0.39 is 11.6 Å². The molecular formula is C18H17BrFN5O3. The summed E-state index contributed by atoms with van der Waals surface area (Å²) in [6.45, 7) is 2.15. The van der Waals surface area contributed by atoms with E-state index in [0.29, 0.717) is 29.4 Å². The van der Waals surface area contributed by atoms with Gasteiger partial charge in [-0.15, -0.1) is 0 Å². The van der Waals surface area contributed by atoms with Crippen LogP contribution in [0.4, 0.5) is 4.39 Å². The molecule has 1 saturated carbocycles. The Labute approximate surface area is 167 Å². The van der Waals surface area contributed by atoms with Gasteiger partial charge in [-0.25, -0.2) is 18.4 Å². The lowest BCUT2D eigenvalue weighted by Gasteiger charge is -2.09. The average Bonchev–Trinajstić information content (AvgIpc) is 3.42. The molecular weight excluding hydrogens is 433 g/mol. The molecule has 1 aliphatic heterocycles. The third kappa shape index (κ3) is 3.00. The molecule has 1 aliphatic carbocycles. The Morgan fingerprint density at radius 2 is 2.00 bits per heavy atom. The van der Waals surface area contributed by atoms with Crippen LogP contribution < -0.4 is 11.1 Å². The molecule has 1 aromatic carbocycles. The molecule has 2 unspecified atom stereocenters. The van der Waals surface area contributed by atoms with Gasteiger partial charge in [-0.3, -0.25) is 4.52 Å². The molecule has 3 aromatic rings. The van der Waals surface area contributed by atoms with Crippen LogP contribution in [0.2, 0.25) is 0 Å². The van der Waals surface area contributed by atoms with Crippen LogP contribution in [0.15, 0.2) is 36.6 Å². The Bertz CT molecular complexity index is 1070. The quantitative estimate of drug-likeness (QED) is 0.653. The van der Waals surface area contributed by atoms with E-state index in [1.807, 2.05) is 0 Å². The number of halogens is 2. The van der Waals surface area contributed by atoms with E-state index in [1.165, 1.54) is 22.8 Å². The van der Waals surface area contributed by atoms with Crippen molar-refractivity contribution in [2.45, 2.75) is 19.3 Å². The zero-order chi connectivity index (χ0) is 19.3. The lowest BCUT2D eigenvalue weighted by molar-refractivity contribution is 0.301. The first-order valence-electron chi connectivity index (χ1n) is 9.17. The van der Waals surface area contributed by atoms with Crippen molar-refractivity contribution in [3.05, 3.63) is 44.7 Å². The number of nitrogens with zero attached hydrogens (tertiary/aromatic N) is 4. The van der Waals surface area contributed by atoms with Crippen molar-refractivity contribution in [2.24, 2.45) is 17.8 Å². The SMILES string of the molecule is O=c1onc(-c2nonc2CC2CC3CNCC3C2)n1-c1ccc(F)c(Br)c1. The Morgan fingerprint density at radius 3 is 2.75 bits per heavy atom. The second-order valence-electron chi connectivity index (χ2n) is 7.49. The number of hydrogen-bond donors (Lipinski definition) is 1. The Morgan fingerprint density at radius 1 is 1.21 bits per heavy atom. The normalized spacial score (nSPS) is 24.0. The first-order valence-corrected chi connectivity index (χ1v) is 9.96. The topological polar surface area (TPSA) is 99.0 Å². The molecule has 28 heavy (non-hydrogen) atoms. The van der Waals surface area contributed by atoms with Gasteiger partial charge in [0.05, 0.1) is 10.2 Å². The molecule has 0 spiro atoms. The molecule has 0 radical (unpaired) electrons. The fourth-order valence-electron chi connectivity index (χ4n) is 4.49. The fraction of sp³-hybridized carbons (Fsp3) is 0.444. The zero-order valence-corrected chi connectivity index (χ0v) is 16.4. The van der Waals surface area contributed by atoms with Crippen LogP contribution in [0, 0.1) is 23.6 Å². The van der Waals surface area contributed by atoms with Crippen molar-refractivity contribution in [1.82, 2.24) is 25.4 Å². The second kappa shape index (κ2) is 6.93. The summed E-state index contributed by atoms with van der Waals surface area (Å²) in [6.07, 6.45) is 2.99. The lowest BCUT2D eigenvalue weighted by Crippen LogP contribution is -2.15. The highest BCUT2D eigenvalue weighted by Gasteiger charge is 2.38. The molecule has 1 saturated heterocycles. The Kier molecular flexibility index (Phi) is 4.39. The highest BCUT2D eigenvalue weighted by Crippen LogP contribution is 2.40. The van der Waals surface area contributed by atoms with Crippen molar-refractivity contribution < 1.29 is 13.5 Å². The van der Waals surface area contributed by atoms with Gasteiger partial charge < -0.3 is 5.32 Å². The Balaban J connectivity index is 1.47.